The van der Waals surface area contributed by atoms with Gasteiger partial charge in [-0.1, -0.05) is 18.2 Å². The van der Waals surface area contributed by atoms with Crippen molar-refractivity contribution in [1.82, 2.24) is 9.80 Å². The van der Waals surface area contributed by atoms with E-state index in [0.717, 1.165) is 56.4 Å². The number of methoxy groups -OCH3 is 3. The minimum Gasteiger partial charge on any atom is -0.496 e. The first-order chi connectivity index (χ1) is 14.2. The van der Waals surface area contributed by atoms with Crippen LogP contribution in [-0.2, 0) is 19.5 Å². The van der Waals surface area contributed by atoms with Crippen LogP contribution in [0.25, 0.3) is 0 Å². The lowest BCUT2D eigenvalue weighted by molar-refractivity contribution is 0.0833. The van der Waals surface area contributed by atoms with Gasteiger partial charge in [0.05, 0.1) is 21.3 Å². The standard InChI is InChI=1S/C24H32N2O3/c1-27-22-9-5-4-7-19(22)15-25-11-6-8-21(17-25)26-12-10-18-13-23(28-2)24(29-3)14-20(18)16-26/h4-5,7,9,13-14,21H,6,8,10-12,15-17H2,1-3H3. The highest BCUT2D eigenvalue weighted by molar-refractivity contribution is 5.48. The normalized spacial score (nSPS) is 20.2. The van der Waals surface area contributed by atoms with Gasteiger partial charge in [0, 0.05) is 37.8 Å². The lowest BCUT2D eigenvalue weighted by Crippen LogP contribution is -2.49. The van der Waals surface area contributed by atoms with Crippen LogP contribution in [0.1, 0.15) is 29.5 Å². The zero-order chi connectivity index (χ0) is 20.2. The van der Waals surface area contributed by atoms with Crippen LogP contribution in [0.15, 0.2) is 36.4 Å². The van der Waals surface area contributed by atoms with Gasteiger partial charge >= 0.3 is 0 Å². The molecule has 0 bridgehead atoms. The third-order valence-corrected chi connectivity index (χ3v) is 6.33. The summed E-state index contributed by atoms with van der Waals surface area (Å²) in [7, 11) is 5.17. The Kier molecular flexibility index (Phi) is 6.26. The summed E-state index contributed by atoms with van der Waals surface area (Å²) in [5.41, 5.74) is 4.04. The van der Waals surface area contributed by atoms with Crippen molar-refractivity contribution in [2.45, 2.75) is 38.4 Å². The summed E-state index contributed by atoms with van der Waals surface area (Å²) < 4.78 is 16.6. The maximum absolute atomic E-state index is 5.55. The number of ether oxygens (including phenoxy) is 3. The number of piperidine rings is 1. The van der Waals surface area contributed by atoms with Crippen molar-refractivity contribution in [1.29, 1.82) is 0 Å². The summed E-state index contributed by atoms with van der Waals surface area (Å²) >= 11 is 0. The molecule has 1 atom stereocenters. The SMILES string of the molecule is COc1ccccc1CN1CCCC(N2CCc3cc(OC)c(OC)cc3C2)C1. The van der Waals surface area contributed by atoms with Crippen molar-refractivity contribution in [3.8, 4) is 17.2 Å². The molecule has 1 fully saturated rings. The van der Waals surface area contributed by atoms with Crippen molar-refractivity contribution < 1.29 is 14.2 Å². The van der Waals surface area contributed by atoms with E-state index in [1.54, 1.807) is 21.3 Å². The third kappa shape index (κ3) is 4.36. The van der Waals surface area contributed by atoms with Crippen LogP contribution >= 0.6 is 0 Å². The van der Waals surface area contributed by atoms with Crippen LogP contribution in [0.4, 0.5) is 0 Å². The van der Waals surface area contributed by atoms with E-state index in [2.05, 4.69) is 40.1 Å². The highest BCUT2D eigenvalue weighted by Gasteiger charge is 2.29. The Morgan fingerprint density at radius 2 is 1.62 bits per heavy atom. The summed E-state index contributed by atoms with van der Waals surface area (Å²) in [4.78, 5) is 5.23. The fourth-order valence-corrected chi connectivity index (χ4v) is 4.76. The second-order valence-electron chi connectivity index (χ2n) is 8.04. The molecule has 1 saturated heterocycles. The Bertz CT molecular complexity index is 839. The van der Waals surface area contributed by atoms with Crippen LogP contribution in [-0.4, -0.2) is 56.8 Å². The molecule has 0 amide bonds. The maximum Gasteiger partial charge on any atom is 0.161 e. The summed E-state index contributed by atoms with van der Waals surface area (Å²) in [6.07, 6.45) is 3.58. The Labute approximate surface area is 174 Å². The molecule has 0 aromatic heterocycles. The predicted octanol–water partition coefficient (Wildman–Crippen LogP) is 3.74. The van der Waals surface area contributed by atoms with E-state index in [1.807, 2.05) is 6.07 Å². The Balaban J connectivity index is 1.44. The van der Waals surface area contributed by atoms with Gasteiger partial charge in [0.2, 0.25) is 0 Å². The molecule has 2 aromatic carbocycles. The van der Waals surface area contributed by atoms with Gasteiger partial charge in [-0.15, -0.1) is 0 Å². The van der Waals surface area contributed by atoms with Crippen molar-refractivity contribution >= 4 is 0 Å². The number of hydrogen-bond acceptors (Lipinski definition) is 5. The number of nitrogens with zero attached hydrogens (tertiary/aromatic N) is 2. The van der Waals surface area contributed by atoms with Crippen LogP contribution in [0.3, 0.4) is 0 Å². The summed E-state index contributed by atoms with van der Waals surface area (Å²) in [6.45, 7) is 5.32. The molecule has 156 valence electrons. The summed E-state index contributed by atoms with van der Waals surface area (Å²) in [5, 5.41) is 0. The zero-order valence-electron chi connectivity index (χ0n) is 17.8. The van der Waals surface area contributed by atoms with E-state index in [1.165, 1.54) is 29.5 Å². The van der Waals surface area contributed by atoms with Gasteiger partial charge in [-0.05, 0) is 55.1 Å². The topological polar surface area (TPSA) is 34.2 Å². The van der Waals surface area contributed by atoms with Gasteiger partial charge in [-0.3, -0.25) is 9.80 Å². The van der Waals surface area contributed by atoms with E-state index < -0.39 is 0 Å². The molecule has 2 heterocycles. The van der Waals surface area contributed by atoms with Gasteiger partial charge in [0.15, 0.2) is 11.5 Å². The first-order valence-corrected chi connectivity index (χ1v) is 10.5. The number of para-hydroxylation sites is 1. The summed E-state index contributed by atoms with van der Waals surface area (Å²) in [6, 6.07) is 13.3. The molecular weight excluding hydrogens is 364 g/mol. The van der Waals surface area contributed by atoms with Crippen molar-refractivity contribution in [2.75, 3.05) is 41.0 Å². The Morgan fingerprint density at radius 3 is 2.38 bits per heavy atom. The van der Waals surface area contributed by atoms with Crippen LogP contribution in [0.2, 0.25) is 0 Å². The number of benzene rings is 2. The summed E-state index contributed by atoms with van der Waals surface area (Å²) in [5.74, 6) is 2.65. The molecule has 5 heteroatoms. The van der Waals surface area contributed by atoms with E-state index in [9.17, 15) is 0 Å². The number of fused-ring (bicyclic) bond motifs is 1. The molecular formula is C24H32N2O3. The first kappa shape index (κ1) is 20.0. The van der Waals surface area contributed by atoms with E-state index in [0.29, 0.717) is 6.04 Å². The lowest BCUT2D eigenvalue weighted by atomic mass is 9.95. The van der Waals surface area contributed by atoms with Crippen LogP contribution in [0, 0.1) is 0 Å². The molecule has 1 unspecified atom stereocenters. The zero-order valence-corrected chi connectivity index (χ0v) is 17.8. The molecule has 0 aliphatic carbocycles. The molecule has 0 N–H and O–H groups in total. The smallest absolute Gasteiger partial charge is 0.161 e. The molecule has 2 aromatic rings. The minimum atomic E-state index is 0.597. The molecule has 5 nitrogen and oxygen atoms in total. The quantitative estimate of drug-likeness (QED) is 0.743. The molecule has 4 rings (SSSR count). The van der Waals surface area contributed by atoms with E-state index >= 15 is 0 Å². The van der Waals surface area contributed by atoms with Crippen LogP contribution < -0.4 is 14.2 Å². The second-order valence-corrected chi connectivity index (χ2v) is 8.04. The average molecular weight is 397 g/mol. The van der Waals surface area contributed by atoms with Crippen molar-refractivity contribution in [2.24, 2.45) is 0 Å². The van der Waals surface area contributed by atoms with Crippen LogP contribution in [0.5, 0.6) is 17.2 Å². The maximum atomic E-state index is 5.55. The van der Waals surface area contributed by atoms with Crippen molar-refractivity contribution in [3.63, 3.8) is 0 Å². The fourth-order valence-electron chi connectivity index (χ4n) is 4.76. The van der Waals surface area contributed by atoms with Gasteiger partial charge in [-0.25, -0.2) is 0 Å². The highest BCUT2D eigenvalue weighted by Crippen LogP contribution is 2.34. The third-order valence-electron chi connectivity index (χ3n) is 6.33. The highest BCUT2D eigenvalue weighted by atomic mass is 16.5. The van der Waals surface area contributed by atoms with Gasteiger partial charge in [-0.2, -0.15) is 0 Å². The second kappa shape index (κ2) is 9.06. The molecule has 0 spiro atoms. The first-order valence-electron chi connectivity index (χ1n) is 10.5. The molecule has 2 aliphatic heterocycles. The number of hydrogen-bond donors (Lipinski definition) is 0. The Morgan fingerprint density at radius 1 is 0.897 bits per heavy atom. The fraction of sp³-hybridized carbons (Fsp3) is 0.500. The number of rotatable bonds is 6. The predicted molar refractivity (Wildman–Crippen MR) is 115 cm³/mol. The molecule has 0 radical (unpaired) electrons. The van der Waals surface area contributed by atoms with E-state index in [-0.39, 0.29) is 0 Å². The monoisotopic (exact) mass is 396 g/mol. The largest absolute Gasteiger partial charge is 0.496 e. The Hall–Kier alpha value is -2.24. The minimum absolute atomic E-state index is 0.597. The van der Waals surface area contributed by atoms with Gasteiger partial charge in [0.1, 0.15) is 5.75 Å². The molecule has 2 aliphatic rings. The van der Waals surface area contributed by atoms with Gasteiger partial charge < -0.3 is 14.2 Å². The van der Waals surface area contributed by atoms with E-state index in [4.69, 9.17) is 14.2 Å². The average Bonchev–Trinajstić information content (AvgIpc) is 2.78. The molecule has 0 saturated carbocycles. The lowest BCUT2D eigenvalue weighted by Gasteiger charge is -2.41. The van der Waals surface area contributed by atoms with Crippen molar-refractivity contribution in [3.05, 3.63) is 53.1 Å². The molecule has 29 heavy (non-hydrogen) atoms. The van der Waals surface area contributed by atoms with Gasteiger partial charge in [0.25, 0.3) is 0 Å². The number of likely N-dealkylation sites (tertiary alicyclic amines) is 1.